The van der Waals surface area contributed by atoms with Crippen molar-refractivity contribution in [3.63, 3.8) is 0 Å². The molecule has 2 aromatic rings. The van der Waals surface area contributed by atoms with Gasteiger partial charge in [-0.3, -0.25) is 4.21 Å². The maximum Gasteiger partial charge on any atom is 0.0620 e. The van der Waals surface area contributed by atoms with Crippen molar-refractivity contribution in [1.29, 1.82) is 0 Å². The molecule has 2 aromatic carbocycles. The Kier molecular flexibility index (Phi) is 4.15. The third-order valence-corrected chi connectivity index (χ3v) is 4.35. The molecule has 0 radical (unpaired) electrons. The van der Waals surface area contributed by atoms with E-state index in [0.717, 1.165) is 16.9 Å². The van der Waals surface area contributed by atoms with Gasteiger partial charge in [0.25, 0.3) is 0 Å². The van der Waals surface area contributed by atoms with Crippen molar-refractivity contribution in [1.82, 2.24) is 0 Å². The number of benzene rings is 2. The first-order valence-electron chi connectivity index (χ1n) is 6.01. The summed E-state index contributed by atoms with van der Waals surface area (Å²) >= 11 is 0. The van der Waals surface area contributed by atoms with E-state index in [1.54, 1.807) is 6.07 Å². The first-order chi connectivity index (χ1) is 8.70. The van der Waals surface area contributed by atoms with Gasteiger partial charge in [0.15, 0.2) is 0 Å². The summed E-state index contributed by atoms with van der Waals surface area (Å²) < 4.78 is 12.2. The quantitative estimate of drug-likeness (QED) is 0.857. The first kappa shape index (κ1) is 12.8. The zero-order chi connectivity index (χ0) is 13.0. The number of hydrogen-bond acceptors (Lipinski definition) is 2. The molecule has 0 heterocycles. The van der Waals surface area contributed by atoms with Gasteiger partial charge >= 0.3 is 0 Å². The van der Waals surface area contributed by atoms with Crippen LogP contribution in [0.2, 0.25) is 0 Å². The van der Waals surface area contributed by atoms with E-state index in [1.165, 1.54) is 5.56 Å². The van der Waals surface area contributed by atoms with Gasteiger partial charge in [-0.25, -0.2) is 0 Å². The van der Waals surface area contributed by atoms with E-state index >= 15 is 0 Å². The molecule has 0 aliphatic rings. The normalized spacial score (nSPS) is 12.3. The summed E-state index contributed by atoms with van der Waals surface area (Å²) in [6.45, 7) is 2.12. The molecule has 1 unspecified atom stereocenters. The van der Waals surface area contributed by atoms with Crippen molar-refractivity contribution in [3.05, 3.63) is 59.7 Å². The largest absolute Gasteiger partial charge is 0.398 e. The van der Waals surface area contributed by atoms with Crippen molar-refractivity contribution < 1.29 is 4.21 Å². The van der Waals surface area contributed by atoms with Crippen LogP contribution < -0.4 is 5.73 Å². The highest BCUT2D eigenvalue weighted by atomic mass is 32.2. The number of hydrogen-bond donors (Lipinski definition) is 1. The first-order valence-corrected chi connectivity index (χ1v) is 7.33. The lowest BCUT2D eigenvalue weighted by Gasteiger charge is -2.06. The number of anilines is 1. The summed E-state index contributed by atoms with van der Waals surface area (Å²) in [6, 6.07) is 15.6. The third kappa shape index (κ3) is 2.99. The molecule has 1 atom stereocenters. The van der Waals surface area contributed by atoms with Crippen LogP contribution in [0, 0.1) is 0 Å². The molecule has 0 amide bonds. The Labute approximate surface area is 110 Å². The molecule has 0 bridgehead atoms. The predicted molar refractivity (Wildman–Crippen MR) is 76.8 cm³/mol. The molecule has 0 aromatic heterocycles. The van der Waals surface area contributed by atoms with Crippen LogP contribution in [0.4, 0.5) is 5.69 Å². The van der Waals surface area contributed by atoms with Gasteiger partial charge in [0.1, 0.15) is 0 Å². The fourth-order valence-corrected chi connectivity index (χ4v) is 3.00. The number of aryl methyl sites for hydroxylation is 1. The monoisotopic (exact) mass is 259 g/mol. The van der Waals surface area contributed by atoms with Crippen LogP contribution in [0.3, 0.4) is 0 Å². The molecule has 0 fully saturated rings. The van der Waals surface area contributed by atoms with Crippen LogP contribution in [-0.2, 0) is 23.0 Å². The Morgan fingerprint density at radius 2 is 1.61 bits per heavy atom. The van der Waals surface area contributed by atoms with Gasteiger partial charge in [-0.05, 0) is 29.7 Å². The van der Waals surface area contributed by atoms with Crippen LogP contribution in [0.5, 0.6) is 0 Å². The summed E-state index contributed by atoms with van der Waals surface area (Å²) in [5.74, 6) is 0.512. The van der Waals surface area contributed by atoms with Gasteiger partial charge in [-0.1, -0.05) is 43.3 Å². The van der Waals surface area contributed by atoms with E-state index in [-0.39, 0.29) is 0 Å². The maximum atomic E-state index is 12.2. The van der Waals surface area contributed by atoms with Crippen LogP contribution in [-0.4, -0.2) is 4.21 Å². The van der Waals surface area contributed by atoms with Gasteiger partial charge in [0, 0.05) is 5.69 Å². The number of nitrogen functional groups attached to an aromatic ring is 1. The van der Waals surface area contributed by atoms with Gasteiger partial charge in [-0.2, -0.15) is 0 Å². The summed E-state index contributed by atoms with van der Waals surface area (Å²) in [5, 5.41) is 0. The second-order valence-electron chi connectivity index (χ2n) is 4.20. The summed E-state index contributed by atoms with van der Waals surface area (Å²) in [5.41, 5.74) is 8.80. The number of para-hydroxylation sites is 1. The van der Waals surface area contributed by atoms with Gasteiger partial charge in [0.05, 0.1) is 21.4 Å². The molecule has 18 heavy (non-hydrogen) atoms. The Hall–Kier alpha value is -1.61. The average molecular weight is 259 g/mol. The maximum absolute atomic E-state index is 12.2. The van der Waals surface area contributed by atoms with E-state index in [1.807, 2.05) is 30.3 Å². The highest BCUT2D eigenvalue weighted by molar-refractivity contribution is 7.84. The van der Waals surface area contributed by atoms with E-state index < -0.39 is 10.8 Å². The molecule has 94 valence electrons. The SMILES string of the molecule is CCc1ccc(CS(=O)c2ccccc2N)cc1. The minimum absolute atomic E-state index is 0.512. The molecule has 2 N–H and O–H groups in total. The fraction of sp³-hybridized carbons (Fsp3) is 0.200. The van der Waals surface area contributed by atoms with Crippen molar-refractivity contribution in [2.24, 2.45) is 0 Å². The molecular weight excluding hydrogens is 242 g/mol. The zero-order valence-electron chi connectivity index (χ0n) is 10.4. The van der Waals surface area contributed by atoms with Gasteiger partial charge in [0.2, 0.25) is 0 Å². The molecule has 0 spiro atoms. The molecule has 0 saturated carbocycles. The Balaban J connectivity index is 2.14. The van der Waals surface area contributed by atoms with Crippen molar-refractivity contribution in [3.8, 4) is 0 Å². The zero-order valence-corrected chi connectivity index (χ0v) is 11.2. The Bertz CT molecular complexity index is 549. The second-order valence-corrected chi connectivity index (χ2v) is 5.62. The third-order valence-electron chi connectivity index (χ3n) is 2.89. The topological polar surface area (TPSA) is 43.1 Å². The highest BCUT2D eigenvalue weighted by Gasteiger charge is 2.08. The van der Waals surface area contributed by atoms with Gasteiger partial charge < -0.3 is 5.73 Å². The predicted octanol–water partition coefficient (Wildman–Crippen LogP) is 3.14. The standard InChI is InChI=1S/C15H17NOS/c1-2-12-7-9-13(10-8-12)11-18(17)15-6-4-3-5-14(15)16/h3-10H,2,11,16H2,1H3. The van der Waals surface area contributed by atoms with Crippen LogP contribution in [0.25, 0.3) is 0 Å². The number of rotatable bonds is 4. The molecule has 2 rings (SSSR count). The summed E-state index contributed by atoms with van der Waals surface area (Å²) in [7, 11) is -1.08. The van der Waals surface area contributed by atoms with E-state index in [0.29, 0.717) is 11.4 Å². The molecule has 2 nitrogen and oxygen atoms in total. The molecule has 0 aliphatic heterocycles. The molecular formula is C15H17NOS. The van der Waals surface area contributed by atoms with Crippen molar-refractivity contribution in [2.75, 3.05) is 5.73 Å². The van der Waals surface area contributed by atoms with E-state index in [2.05, 4.69) is 19.1 Å². The lowest BCUT2D eigenvalue weighted by Crippen LogP contribution is -2.00. The number of nitrogens with two attached hydrogens (primary N) is 1. The van der Waals surface area contributed by atoms with Crippen LogP contribution in [0.15, 0.2) is 53.4 Å². The Morgan fingerprint density at radius 3 is 2.22 bits per heavy atom. The lowest BCUT2D eigenvalue weighted by molar-refractivity contribution is 0.683. The molecule has 3 heteroatoms. The van der Waals surface area contributed by atoms with E-state index in [9.17, 15) is 4.21 Å². The fourth-order valence-electron chi connectivity index (χ4n) is 1.79. The summed E-state index contributed by atoms with van der Waals surface area (Å²) in [6.07, 6.45) is 1.02. The second kappa shape index (κ2) is 5.83. The van der Waals surface area contributed by atoms with Crippen molar-refractivity contribution in [2.45, 2.75) is 24.0 Å². The highest BCUT2D eigenvalue weighted by Crippen LogP contribution is 2.18. The van der Waals surface area contributed by atoms with Crippen LogP contribution >= 0.6 is 0 Å². The smallest absolute Gasteiger partial charge is 0.0620 e. The Morgan fingerprint density at radius 1 is 1.00 bits per heavy atom. The van der Waals surface area contributed by atoms with Crippen molar-refractivity contribution >= 4 is 16.5 Å². The summed E-state index contributed by atoms with van der Waals surface area (Å²) in [4.78, 5) is 0.720. The van der Waals surface area contributed by atoms with Gasteiger partial charge in [-0.15, -0.1) is 0 Å². The minimum Gasteiger partial charge on any atom is -0.398 e. The van der Waals surface area contributed by atoms with Crippen LogP contribution in [0.1, 0.15) is 18.1 Å². The lowest BCUT2D eigenvalue weighted by atomic mass is 10.1. The molecule has 0 saturated heterocycles. The van der Waals surface area contributed by atoms with E-state index in [4.69, 9.17) is 5.73 Å². The minimum atomic E-state index is -1.08. The average Bonchev–Trinajstić information content (AvgIpc) is 2.40. The molecule has 0 aliphatic carbocycles.